The topological polar surface area (TPSA) is 117 Å². The fourth-order valence-corrected chi connectivity index (χ4v) is 5.94. The molecule has 0 atom stereocenters. The lowest BCUT2D eigenvalue weighted by Gasteiger charge is -2.39. The minimum absolute atomic E-state index is 0.132. The zero-order valence-corrected chi connectivity index (χ0v) is 21.1. The fourth-order valence-electron chi connectivity index (χ4n) is 4.97. The summed E-state index contributed by atoms with van der Waals surface area (Å²) in [6, 6.07) is 5.87. The number of carbonyl (C=O) groups is 1. The van der Waals surface area contributed by atoms with E-state index in [0.29, 0.717) is 46.4 Å². The summed E-state index contributed by atoms with van der Waals surface area (Å²) >= 11 is 0. The Bertz CT molecular complexity index is 1550. The maximum Gasteiger partial charge on any atom is 0.283 e. The Morgan fingerprint density at radius 3 is 2.73 bits per heavy atom. The summed E-state index contributed by atoms with van der Waals surface area (Å²) in [6.45, 7) is 7.76. The van der Waals surface area contributed by atoms with E-state index in [1.54, 1.807) is 13.1 Å². The number of sulfonamides is 1. The number of aromatic nitrogens is 3. The summed E-state index contributed by atoms with van der Waals surface area (Å²) in [5, 5.41) is 3.77. The molecule has 0 spiro atoms. The number of aryl methyl sites for hydroxylation is 1. The van der Waals surface area contributed by atoms with E-state index in [-0.39, 0.29) is 36.3 Å². The zero-order chi connectivity index (χ0) is 26.4. The van der Waals surface area contributed by atoms with E-state index in [1.165, 1.54) is 36.2 Å². The molecule has 12 heteroatoms. The van der Waals surface area contributed by atoms with Crippen molar-refractivity contribution in [2.75, 3.05) is 20.3 Å². The third kappa shape index (κ3) is 4.39. The Morgan fingerprint density at radius 1 is 1.30 bits per heavy atom. The number of halogens is 1. The third-order valence-corrected chi connectivity index (χ3v) is 8.13. The van der Waals surface area contributed by atoms with Crippen molar-refractivity contribution in [3.05, 3.63) is 70.1 Å². The van der Waals surface area contributed by atoms with E-state index < -0.39 is 21.5 Å². The van der Waals surface area contributed by atoms with E-state index in [4.69, 9.17) is 16.0 Å². The number of nitrogens with zero attached hydrogens (tertiary/aromatic N) is 4. The molecule has 0 radical (unpaired) electrons. The third-order valence-electron chi connectivity index (χ3n) is 6.88. The molecule has 1 amide bonds. The van der Waals surface area contributed by atoms with Gasteiger partial charge in [0.25, 0.3) is 15.8 Å². The van der Waals surface area contributed by atoms with Crippen LogP contribution in [-0.4, -0.2) is 49.4 Å². The van der Waals surface area contributed by atoms with Crippen LogP contribution in [0.2, 0.25) is 0 Å². The highest BCUT2D eigenvalue weighted by Crippen LogP contribution is 2.37. The van der Waals surface area contributed by atoms with Gasteiger partial charge in [-0.15, -0.1) is 4.98 Å². The van der Waals surface area contributed by atoms with E-state index in [1.807, 2.05) is 0 Å². The highest BCUT2D eigenvalue weighted by molar-refractivity contribution is 7.90. The fraction of sp³-hybridized carbons (Fsp3) is 0.360. The summed E-state index contributed by atoms with van der Waals surface area (Å²) in [4.78, 5) is 20.4. The minimum atomic E-state index is -4.30. The predicted octanol–water partition coefficient (Wildman–Crippen LogP) is 2.58. The smallest absolute Gasteiger partial charge is 0.283 e. The van der Waals surface area contributed by atoms with Crippen molar-refractivity contribution in [2.24, 2.45) is 7.05 Å². The second-order valence-electron chi connectivity index (χ2n) is 9.10. The molecule has 1 fully saturated rings. The first-order valence-electron chi connectivity index (χ1n) is 11.6. The Balaban J connectivity index is 1.46. The first-order valence-corrected chi connectivity index (χ1v) is 13.1. The molecule has 3 aromatic rings. The number of carbonyl (C=O) groups excluding carboxylic acids is 1. The molecule has 1 aliphatic heterocycles. The average Bonchev–Trinajstić information content (AvgIpc) is 3.49. The summed E-state index contributed by atoms with van der Waals surface area (Å²) in [5.74, 6) is -1.02. The van der Waals surface area contributed by atoms with Crippen LogP contribution >= 0.6 is 0 Å². The molecule has 1 aromatic carbocycles. The Kier molecular flexibility index (Phi) is 6.31. The molecule has 1 N–H and O–H groups in total. The number of pyridine rings is 1. The van der Waals surface area contributed by atoms with Gasteiger partial charge >= 0.3 is 0 Å². The van der Waals surface area contributed by atoms with Crippen molar-refractivity contribution in [1.29, 1.82) is 0 Å². The van der Waals surface area contributed by atoms with Crippen molar-refractivity contribution in [3.8, 4) is 11.1 Å². The van der Waals surface area contributed by atoms with Crippen LogP contribution in [0.25, 0.3) is 16.0 Å². The lowest BCUT2D eigenvalue weighted by molar-refractivity contribution is -0.206. The molecule has 0 bridgehead atoms. The van der Waals surface area contributed by atoms with Crippen LogP contribution in [0.5, 0.6) is 0 Å². The second kappa shape index (κ2) is 9.33. The number of hydrogen-bond acceptors (Lipinski definition) is 7. The van der Waals surface area contributed by atoms with Gasteiger partial charge in [-0.3, -0.25) is 9.48 Å². The van der Waals surface area contributed by atoms with Gasteiger partial charge in [-0.25, -0.2) is 9.11 Å². The van der Waals surface area contributed by atoms with Crippen molar-refractivity contribution in [1.82, 2.24) is 19.5 Å². The number of benzene rings is 1. The molecule has 2 aromatic heterocycles. The van der Waals surface area contributed by atoms with Crippen LogP contribution < -0.4 is 4.72 Å². The maximum atomic E-state index is 14.9. The average molecular weight is 526 g/mol. The molecule has 5 rings (SSSR count). The lowest BCUT2D eigenvalue weighted by atomic mass is 9.91. The molecule has 10 nitrogen and oxygen atoms in total. The number of amides is 1. The largest absolute Gasteiger partial charge is 0.374 e. The van der Waals surface area contributed by atoms with Gasteiger partial charge in [0, 0.05) is 20.2 Å². The number of rotatable bonds is 7. The van der Waals surface area contributed by atoms with Crippen LogP contribution in [0.3, 0.4) is 0 Å². The van der Waals surface area contributed by atoms with Crippen molar-refractivity contribution >= 4 is 21.7 Å². The SMILES string of the molecule is [C-]#[N+]c1cc(-c2cc(F)c3c(c2CC(=O)NS(=O)(=O)c2cc(C4(OC)COC4)n(C)n2)CCC3)ccn1. The van der Waals surface area contributed by atoms with Gasteiger partial charge in [0.2, 0.25) is 5.91 Å². The molecule has 0 unspecified atom stereocenters. The lowest BCUT2D eigenvalue weighted by Crippen LogP contribution is -2.49. The molecule has 2 aliphatic rings. The number of nitrogens with one attached hydrogen (secondary N) is 1. The van der Waals surface area contributed by atoms with Gasteiger partial charge in [-0.2, -0.15) is 13.5 Å². The van der Waals surface area contributed by atoms with Crippen molar-refractivity contribution in [3.63, 3.8) is 0 Å². The maximum absolute atomic E-state index is 14.9. The molecule has 1 aliphatic carbocycles. The summed E-state index contributed by atoms with van der Waals surface area (Å²) in [7, 11) is -1.20. The molecule has 0 saturated carbocycles. The van der Waals surface area contributed by atoms with E-state index in [9.17, 15) is 17.6 Å². The molecule has 1 saturated heterocycles. The Morgan fingerprint density at radius 2 is 2.05 bits per heavy atom. The van der Waals surface area contributed by atoms with Gasteiger partial charge < -0.3 is 14.3 Å². The first-order chi connectivity index (χ1) is 17.7. The standard InChI is InChI=1S/C25H24FN5O5S/c1-27-22-9-15(7-8-28-22)18-10-20(26)17-6-4-5-16(17)19(18)11-23(32)30-37(33,34)24-12-21(31(2)29-24)25(35-3)13-36-14-25/h7-10,12H,4-6,11,13-14H2,2-3H3,(H,30,32). The van der Waals surface area contributed by atoms with Crippen LogP contribution in [0.15, 0.2) is 35.5 Å². The molecular weight excluding hydrogens is 501 g/mol. The van der Waals surface area contributed by atoms with Crippen LogP contribution in [0.4, 0.5) is 10.2 Å². The van der Waals surface area contributed by atoms with E-state index in [2.05, 4.69) is 19.6 Å². The second-order valence-corrected chi connectivity index (χ2v) is 10.7. The highest BCUT2D eigenvalue weighted by atomic mass is 32.2. The summed E-state index contributed by atoms with van der Waals surface area (Å²) in [5.41, 5.74) is 2.47. The molecule has 3 heterocycles. The van der Waals surface area contributed by atoms with Gasteiger partial charge in [0.1, 0.15) is 12.0 Å². The quantitative estimate of drug-likeness (QED) is 0.471. The normalized spacial score (nSPS) is 16.1. The van der Waals surface area contributed by atoms with Gasteiger partial charge in [-0.1, -0.05) is 6.57 Å². The van der Waals surface area contributed by atoms with E-state index in [0.717, 1.165) is 6.42 Å². The van der Waals surface area contributed by atoms with Gasteiger partial charge in [0.05, 0.1) is 25.3 Å². The van der Waals surface area contributed by atoms with Crippen LogP contribution in [-0.2, 0) is 56.2 Å². The minimum Gasteiger partial charge on any atom is -0.374 e. The number of fused-ring (bicyclic) bond motifs is 1. The zero-order valence-electron chi connectivity index (χ0n) is 20.2. The van der Waals surface area contributed by atoms with Crippen LogP contribution in [0, 0.1) is 12.4 Å². The Hall–Kier alpha value is -3.66. The number of ether oxygens (including phenoxy) is 2. The van der Waals surface area contributed by atoms with Gasteiger partial charge in [0.15, 0.2) is 10.6 Å². The van der Waals surface area contributed by atoms with E-state index >= 15 is 0 Å². The monoisotopic (exact) mass is 525 g/mol. The van der Waals surface area contributed by atoms with Crippen LogP contribution in [0.1, 0.15) is 28.8 Å². The number of hydrogen-bond donors (Lipinski definition) is 1. The number of methoxy groups -OCH3 is 1. The van der Waals surface area contributed by atoms with Crippen molar-refractivity contribution < 1.29 is 27.1 Å². The summed E-state index contributed by atoms with van der Waals surface area (Å²) in [6.07, 6.45) is 3.00. The first kappa shape index (κ1) is 25.0. The molecule has 37 heavy (non-hydrogen) atoms. The van der Waals surface area contributed by atoms with Gasteiger partial charge in [-0.05, 0) is 65.3 Å². The predicted molar refractivity (Wildman–Crippen MR) is 130 cm³/mol. The summed E-state index contributed by atoms with van der Waals surface area (Å²) < 4.78 is 55.3. The highest BCUT2D eigenvalue weighted by Gasteiger charge is 2.44. The Labute approximate surface area is 213 Å². The van der Waals surface area contributed by atoms with Crippen molar-refractivity contribution in [2.45, 2.75) is 36.3 Å². The molecular formula is C25H24FN5O5S. The molecule has 192 valence electrons.